The third-order valence-corrected chi connectivity index (χ3v) is 6.18. The fourth-order valence-corrected chi connectivity index (χ4v) is 4.95. The van der Waals surface area contributed by atoms with Crippen LogP contribution < -0.4 is 5.32 Å². The second kappa shape index (κ2) is 6.69. The number of likely N-dealkylation sites (N-methyl/N-ethyl adjacent to an activating group) is 1. The molecule has 5 nitrogen and oxygen atoms in total. The third-order valence-electron chi connectivity index (χ3n) is 6.18. The van der Waals surface area contributed by atoms with Gasteiger partial charge in [-0.05, 0) is 38.8 Å². The highest BCUT2D eigenvalue weighted by Crippen LogP contribution is 2.52. The second-order valence-electron chi connectivity index (χ2n) is 8.28. The normalized spacial score (nSPS) is 35.8. The minimum atomic E-state index is 0.109. The minimum absolute atomic E-state index is 0.109. The fraction of sp³-hybridized carbons (Fsp3) is 0.944. The average molecular weight is 323 g/mol. The lowest BCUT2D eigenvalue weighted by Gasteiger charge is -2.55. The number of hydrogen-bond acceptors (Lipinski definition) is 4. The maximum absolute atomic E-state index is 12.2. The molecule has 1 aliphatic carbocycles. The van der Waals surface area contributed by atoms with Crippen molar-refractivity contribution in [1.82, 2.24) is 15.1 Å². The average Bonchev–Trinajstić information content (AvgIpc) is 3.13. The molecule has 0 radical (unpaired) electrons. The highest BCUT2D eigenvalue weighted by molar-refractivity contribution is 5.81. The van der Waals surface area contributed by atoms with Crippen molar-refractivity contribution in [3.8, 4) is 0 Å². The fourth-order valence-electron chi connectivity index (χ4n) is 4.95. The number of hydrogen-bond donors (Lipinski definition) is 1. The summed E-state index contributed by atoms with van der Waals surface area (Å²) in [6.45, 7) is 8.70. The quantitative estimate of drug-likeness (QED) is 0.749. The molecule has 0 bridgehead atoms. The predicted molar refractivity (Wildman–Crippen MR) is 91.3 cm³/mol. The van der Waals surface area contributed by atoms with Gasteiger partial charge >= 0.3 is 0 Å². The minimum Gasteiger partial charge on any atom is -0.377 e. The molecule has 132 valence electrons. The van der Waals surface area contributed by atoms with Crippen LogP contribution in [-0.2, 0) is 9.53 Å². The SMILES string of the molecule is CN(C)C(=O)[C@@H]1CCCN1CCCN[C@@H]1[C@H]2CCO[C@@H]2C1(C)C. The first-order valence-electron chi connectivity index (χ1n) is 9.23. The Kier molecular flexibility index (Phi) is 5.00. The third kappa shape index (κ3) is 3.15. The van der Waals surface area contributed by atoms with Crippen molar-refractivity contribution in [2.24, 2.45) is 11.3 Å². The first kappa shape index (κ1) is 17.2. The van der Waals surface area contributed by atoms with Crippen LogP contribution in [0, 0.1) is 11.3 Å². The number of amides is 1. The molecule has 0 unspecified atom stereocenters. The molecule has 1 saturated carbocycles. The number of fused-ring (bicyclic) bond motifs is 1. The van der Waals surface area contributed by atoms with Crippen LogP contribution in [0.5, 0.6) is 0 Å². The Morgan fingerprint density at radius 2 is 2.13 bits per heavy atom. The van der Waals surface area contributed by atoms with Gasteiger partial charge in [-0.25, -0.2) is 0 Å². The van der Waals surface area contributed by atoms with Crippen molar-refractivity contribution in [2.75, 3.05) is 40.3 Å². The largest absolute Gasteiger partial charge is 0.377 e. The lowest BCUT2D eigenvalue weighted by atomic mass is 9.57. The van der Waals surface area contributed by atoms with Crippen LogP contribution in [0.15, 0.2) is 0 Å². The van der Waals surface area contributed by atoms with E-state index in [0.29, 0.717) is 18.1 Å². The van der Waals surface area contributed by atoms with Gasteiger partial charge in [0.1, 0.15) is 0 Å². The lowest BCUT2D eigenvalue weighted by molar-refractivity contribution is -0.133. The molecule has 0 aromatic carbocycles. The van der Waals surface area contributed by atoms with Crippen molar-refractivity contribution in [3.05, 3.63) is 0 Å². The Morgan fingerprint density at radius 1 is 1.35 bits per heavy atom. The van der Waals surface area contributed by atoms with E-state index in [4.69, 9.17) is 4.74 Å². The highest BCUT2D eigenvalue weighted by Gasteiger charge is 2.58. The van der Waals surface area contributed by atoms with Crippen LogP contribution in [0.1, 0.15) is 39.5 Å². The van der Waals surface area contributed by atoms with Gasteiger partial charge in [0.05, 0.1) is 12.1 Å². The lowest BCUT2D eigenvalue weighted by Crippen LogP contribution is -2.65. The molecular formula is C18H33N3O2. The van der Waals surface area contributed by atoms with Crippen LogP contribution >= 0.6 is 0 Å². The van der Waals surface area contributed by atoms with E-state index in [2.05, 4.69) is 24.1 Å². The van der Waals surface area contributed by atoms with Crippen LogP contribution in [0.25, 0.3) is 0 Å². The van der Waals surface area contributed by atoms with E-state index >= 15 is 0 Å². The smallest absolute Gasteiger partial charge is 0.239 e. The number of nitrogens with zero attached hydrogens (tertiary/aromatic N) is 2. The van der Waals surface area contributed by atoms with E-state index in [0.717, 1.165) is 45.5 Å². The molecule has 0 spiro atoms. The van der Waals surface area contributed by atoms with Crippen molar-refractivity contribution >= 4 is 5.91 Å². The van der Waals surface area contributed by atoms with Gasteiger partial charge in [-0.15, -0.1) is 0 Å². The molecule has 2 aliphatic heterocycles. The molecule has 3 rings (SSSR count). The van der Waals surface area contributed by atoms with Gasteiger partial charge in [0.2, 0.25) is 5.91 Å². The van der Waals surface area contributed by atoms with Crippen molar-refractivity contribution in [3.63, 3.8) is 0 Å². The maximum Gasteiger partial charge on any atom is 0.239 e. The van der Waals surface area contributed by atoms with Crippen LogP contribution in [0.2, 0.25) is 0 Å². The summed E-state index contributed by atoms with van der Waals surface area (Å²) >= 11 is 0. The van der Waals surface area contributed by atoms with Gasteiger partial charge in [-0.3, -0.25) is 9.69 Å². The van der Waals surface area contributed by atoms with E-state index < -0.39 is 0 Å². The van der Waals surface area contributed by atoms with E-state index in [1.54, 1.807) is 4.90 Å². The van der Waals surface area contributed by atoms with Gasteiger partial charge in [0.25, 0.3) is 0 Å². The molecule has 1 amide bonds. The number of carbonyl (C=O) groups is 1. The molecule has 4 atom stereocenters. The van der Waals surface area contributed by atoms with Gasteiger partial charge in [0.15, 0.2) is 0 Å². The second-order valence-corrected chi connectivity index (χ2v) is 8.28. The molecule has 0 aromatic rings. The van der Waals surface area contributed by atoms with E-state index in [1.807, 2.05) is 14.1 Å². The Labute approximate surface area is 140 Å². The van der Waals surface area contributed by atoms with Crippen molar-refractivity contribution in [2.45, 2.75) is 57.7 Å². The highest BCUT2D eigenvalue weighted by atomic mass is 16.5. The van der Waals surface area contributed by atoms with E-state index in [-0.39, 0.29) is 17.4 Å². The Morgan fingerprint density at radius 3 is 2.87 bits per heavy atom. The van der Waals surface area contributed by atoms with Crippen LogP contribution in [-0.4, -0.2) is 74.2 Å². The zero-order valence-electron chi connectivity index (χ0n) is 15.2. The standard InChI is InChI=1S/C18H33N3O2/c1-18(2)15(13-8-12-23-16(13)18)19-9-6-11-21-10-5-7-14(21)17(22)20(3)4/h13-16,19H,5-12H2,1-4H3/t13-,14+,15-,16+/m1/s1. The number of rotatable bonds is 6. The molecule has 2 saturated heterocycles. The van der Waals surface area contributed by atoms with Gasteiger partial charge < -0.3 is 15.0 Å². The first-order chi connectivity index (χ1) is 10.9. The number of ether oxygens (including phenoxy) is 1. The predicted octanol–water partition coefficient (Wildman–Crippen LogP) is 1.33. The molecule has 23 heavy (non-hydrogen) atoms. The monoisotopic (exact) mass is 323 g/mol. The van der Waals surface area contributed by atoms with Crippen molar-refractivity contribution < 1.29 is 9.53 Å². The Hall–Kier alpha value is -0.650. The number of likely N-dealkylation sites (tertiary alicyclic amines) is 1. The molecular weight excluding hydrogens is 290 g/mol. The summed E-state index contributed by atoms with van der Waals surface area (Å²) in [5, 5.41) is 3.77. The summed E-state index contributed by atoms with van der Waals surface area (Å²) < 4.78 is 5.86. The van der Waals surface area contributed by atoms with Gasteiger partial charge in [-0.1, -0.05) is 13.8 Å². The molecule has 1 N–H and O–H groups in total. The summed E-state index contributed by atoms with van der Waals surface area (Å²) in [4.78, 5) is 16.3. The Bertz CT molecular complexity index is 438. The van der Waals surface area contributed by atoms with Crippen LogP contribution in [0.3, 0.4) is 0 Å². The van der Waals surface area contributed by atoms with Crippen molar-refractivity contribution in [1.29, 1.82) is 0 Å². The molecule has 0 aromatic heterocycles. The van der Waals surface area contributed by atoms with E-state index in [9.17, 15) is 4.79 Å². The Balaban J connectivity index is 1.41. The van der Waals surface area contributed by atoms with Crippen LogP contribution in [0.4, 0.5) is 0 Å². The topological polar surface area (TPSA) is 44.8 Å². The number of nitrogens with one attached hydrogen (secondary N) is 1. The summed E-state index contributed by atoms with van der Waals surface area (Å²) in [5.74, 6) is 0.974. The van der Waals surface area contributed by atoms with E-state index in [1.165, 1.54) is 6.42 Å². The zero-order valence-corrected chi connectivity index (χ0v) is 15.2. The summed E-state index contributed by atoms with van der Waals surface area (Å²) in [7, 11) is 3.72. The summed E-state index contributed by atoms with van der Waals surface area (Å²) in [6.07, 6.45) is 4.94. The molecule has 3 aliphatic rings. The number of carbonyl (C=O) groups excluding carboxylic acids is 1. The van der Waals surface area contributed by atoms with Gasteiger partial charge in [-0.2, -0.15) is 0 Å². The molecule has 2 heterocycles. The molecule has 5 heteroatoms. The summed E-state index contributed by atoms with van der Waals surface area (Å²) in [6, 6.07) is 0.700. The zero-order chi connectivity index (χ0) is 16.6. The first-order valence-corrected chi connectivity index (χ1v) is 9.23. The van der Waals surface area contributed by atoms with Gasteiger partial charge in [0, 0.05) is 44.6 Å². The maximum atomic E-state index is 12.2. The summed E-state index contributed by atoms with van der Waals surface area (Å²) in [5.41, 5.74) is 0.262. The molecule has 3 fully saturated rings.